The Hall–Kier alpha value is -2.60. The van der Waals surface area contributed by atoms with E-state index in [2.05, 4.69) is 34.5 Å². The van der Waals surface area contributed by atoms with Crippen LogP contribution in [0.5, 0.6) is 0 Å². The molecule has 28 heavy (non-hydrogen) atoms. The minimum absolute atomic E-state index is 0.0109. The number of amides is 2. The van der Waals surface area contributed by atoms with Crippen molar-refractivity contribution in [3.8, 4) is 0 Å². The third kappa shape index (κ3) is 4.62. The van der Waals surface area contributed by atoms with Crippen LogP contribution in [0.15, 0.2) is 53.1 Å². The lowest BCUT2D eigenvalue weighted by atomic mass is 10.0. The van der Waals surface area contributed by atoms with Crippen molar-refractivity contribution in [3.63, 3.8) is 0 Å². The summed E-state index contributed by atoms with van der Waals surface area (Å²) in [7, 11) is 0. The van der Waals surface area contributed by atoms with Crippen LogP contribution in [-0.4, -0.2) is 47.3 Å². The smallest absolute Gasteiger partial charge is 0.225 e. The molecular formula is C22H27N3O3. The van der Waals surface area contributed by atoms with Crippen molar-refractivity contribution in [2.24, 2.45) is 5.92 Å². The minimum Gasteiger partial charge on any atom is -0.467 e. The maximum absolute atomic E-state index is 12.7. The van der Waals surface area contributed by atoms with Gasteiger partial charge in [-0.15, -0.1) is 0 Å². The van der Waals surface area contributed by atoms with Crippen LogP contribution in [0, 0.1) is 5.92 Å². The van der Waals surface area contributed by atoms with Crippen LogP contribution in [-0.2, 0) is 22.7 Å². The highest BCUT2D eigenvalue weighted by Gasteiger charge is 2.35. The highest BCUT2D eigenvalue weighted by Crippen LogP contribution is 2.22. The van der Waals surface area contributed by atoms with Crippen LogP contribution >= 0.6 is 0 Å². The summed E-state index contributed by atoms with van der Waals surface area (Å²) in [6.45, 7) is 3.83. The summed E-state index contributed by atoms with van der Waals surface area (Å²) < 4.78 is 5.31. The van der Waals surface area contributed by atoms with Crippen LogP contribution < -0.4 is 5.32 Å². The zero-order valence-corrected chi connectivity index (χ0v) is 16.0. The molecule has 1 aromatic heterocycles. The first-order chi connectivity index (χ1) is 13.7. The molecule has 0 bridgehead atoms. The highest BCUT2D eigenvalue weighted by molar-refractivity contribution is 5.89. The molecule has 2 aromatic rings. The van der Waals surface area contributed by atoms with E-state index in [1.54, 1.807) is 11.2 Å². The van der Waals surface area contributed by atoms with Gasteiger partial charge in [-0.25, -0.2) is 0 Å². The fraction of sp³-hybridized carbons (Fsp3) is 0.455. The first-order valence-electron chi connectivity index (χ1n) is 10.0. The fourth-order valence-corrected chi connectivity index (χ4v) is 4.09. The SMILES string of the molecule is O=C(NC1CCN(Cc2ccccc2)CC1)C1CC(=O)N(Cc2ccco2)C1. The van der Waals surface area contributed by atoms with Crippen molar-refractivity contribution in [1.29, 1.82) is 0 Å². The zero-order valence-electron chi connectivity index (χ0n) is 16.0. The van der Waals surface area contributed by atoms with Crippen LogP contribution in [0.25, 0.3) is 0 Å². The predicted octanol–water partition coefficient (Wildman–Crippen LogP) is 2.41. The molecule has 3 heterocycles. The van der Waals surface area contributed by atoms with Crippen molar-refractivity contribution in [2.45, 2.75) is 38.4 Å². The number of likely N-dealkylation sites (tertiary alicyclic amines) is 2. The second kappa shape index (κ2) is 8.61. The number of carbonyl (C=O) groups excluding carboxylic acids is 2. The molecule has 2 aliphatic heterocycles. The second-order valence-electron chi connectivity index (χ2n) is 7.80. The van der Waals surface area contributed by atoms with Crippen LogP contribution in [0.3, 0.4) is 0 Å². The van der Waals surface area contributed by atoms with Gasteiger partial charge in [0, 0.05) is 38.6 Å². The fourth-order valence-electron chi connectivity index (χ4n) is 4.09. The molecule has 1 unspecified atom stereocenters. The topological polar surface area (TPSA) is 65.8 Å². The van der Waals surface area contributed by atoms with E-state index in [0.717, 1.165) is 38.2 Å². The lowest BCUT2D eigenvalue weighted by Crippen LogP contribution is -2.46. The van der Waals surface area contributed by atoms with E-state index >= 15 is 0 Å². The summed E-state index contributed by atoms with van der Waals surface area (Å²) in [5.74, 6) is 0.524. The molecule has 1 atom stereocenters. The Labute approximate surface area is 165 Å². The van der Waals surface area contributed by atoms with Gasteiger partial charge in [0.2, 0.25) is 11.8 Å². The number of nitrogens with one attached hydrogen (secondary N) is 1. The Kier molecular flexibility index (Phi) is 5.76. The molecular weight excluding hydrogens is 354 g/mol. The quantitative estimate of drug-likeness (QED) is 0.835. The number of hydrogen-bond donors (Lipinski definition) is 1. The molecule has 0 saturated carbocycles. The maximum atomic E-state index is 12.7. The summed E-state index contributed by atoms with van der Waals surface area (Å²) in [5.41, 5.74) is 1.33. The van der Waals surface area contributed by atoms with Gasteiger partial charge in [-0.1, -0.05) is 30.3 Å². The lowest BCUT2D eigenvalue weighted by Gasteiger charge is -2.32. The van der Waals surface area contributed by atoms with Gasteiger partial charge in [-0.3, -0.25) is 14.5 Å². The number of piperidine rings is 1. The molecule has 2 aliphatic rings. The molecule has 4 rings (SSSR count). The van der Waals surface area contributed by atoms with E-state index in [-0.39, 0.29) is 23.8 Å². The summed E-state index contributed by atoms with van der Waals surface area (Å²) in [4.78, 5) is 29.0. The van der Waals surface area contributed by atoms with Crippen molar-refractivity contribution < 1.29 is 14.0 Å². The summed E-state index contributed by atoms with van der Waals surface area (Å²) >= 11 is 0. The number of hydrogen-bond acceptors (Lipinski definition) is 4. The van der Waals surface area contributed by atoms with Gasteiger partial charge in [0.15, 0.2) is 0 Å². The molecule has 0 spiro atoms. The van der Waals surface area contributed by atoms with Crippen LogP contribution in [0.1, 0.15) is 30.6 Å². The van der Waals surface area contributed by atoms with Crippen molar-refractivity contribution in [2.75, 3.05) is 19.6 Å². The molecule has 0 aliphatic carbocycles. The molecule has 2 amide bonds. The third-order valence-electron chi connectivity index (χ3n) is 5.70. The average Bonchev–Trinajstić information content (AvgIpc) is 3.35. The normalized spacial score (nSPS) is 21.2. The Morgan fingerprint density at radius 3 is 2.57 bits per heavy atom. The molecule has 148 valence electrons. The first-order valence-corrected chi connectivity index (χ1v) is 10.0. The zero-order chi connectivity index (χ0) is 19.3. The Morgan fingerprint density at radius 2 is 1.86 bits per heavy atom. The van der Waals surface area contributed by atoms with Gasteiger partial charge in [-0.2, -0.15) is 0 Å². The number of benzene rings is 1. The van der Waals surface area contributed by atoms with Gasteiger partial charge in [0.1, 0.15) is 5.76 Å². The van der Waals surface area contributed by atoms with Crippen molar-refractivity contribution in [3.05, 3.63) is 60.1 Å². The predicted molar refractivity (Wildman–Crippen MR) is 105 cm³/mol. The molecule has 1 N–H and O–H groups in total. The molecule has 6 nitrogen and oxygen atoms in total. The Morgan fingerprint density at radius 1 is 1.07 bits per heavy atom. The van der Waals surface area contributed by atoms with Gasteiger partial charge in [0.05, 0.1) is 18.7 Å². The number of nitrogens with zero attached hydrogens (tertiary/aromatic N) is 2. The van der Waals surface area contributed by atoms with E-state index < -0.39 is 0 Å². The molecule has 6 heteroatoms. The number of furan rings is 1. The van der Waals surface area contributed by atoms with Gasteiger partial charge < -0.3 is 14.6 Å². The van der Waals surface area contributed by atoms with Gasteiger partial charge in [-0.05, 0) is 30.5 Å². The molecule has 0 radical (unpaired) electrons. The lowest BCUT2D eigenvalue weighted by molar-refractivity contribution is -0.129. The largest absolute Gasteiger partial charge is 0.467 e. The van der Waals surface area contributed by atoms with E-state index in [0.29, 0.717) is 19.5 Å². The van der Waals surface area contributed by atoms with Crippen LogP contribution in [0.4, 0.5) is 0 Å². The summed E-state index contributed by atoms with van der Waals surface area (Å²) in [6.07, 6.45) is 3.80. The van der Waals surface area contributed by atoms with Crippen LogP contribution in [0.2, 0.25) is 0 Å². The van der Waals surface area contributed by atoms with Crippen molar-refractivity contribution >= 4 is 11.8 Å². The molecule has 2 saturated heterocycles. The van der Waals surface area contributed by atoms with Gasteiger partial charge >= 0.3 is 0 Å². The van der Waals surface area contributed by atoms with Gasteiger partial charge in [0.25, 0.3) is 0 Å². The molecule has 1 aromatic carbocycles. The summed E-state index contributed by atoms with van der Waals surface area (Å²) in [6, 6.07) is 14.3. The van der Waals surface area contributed by atoms with E-state index in [4.69, 9.17) is 4.42 Å². The maximum Gasteiger partial charge on any atom is 0.225 e. The third-order valence-corrected chi connectivity index (χ3v) is 5.70. The monoisotopic (exact) mass is 381 g/mol. The molecule has 2 fully saturated rings. The first kappa shape index (κ1) is 18.7. The number of carbonyl (C=O) groups is 2. The average molecular weight is 381 g/mol. The second-order valence-corrected chi connectivity index (χ2v) is 7.80. The number of rotatable bonds is 6. The van der Waals surface area contributed by atoms with Crippen molar-refractivity contribution in [1.82, 2.24) is 15.1 Å². The standard InChI is InChI=1S/C22H27N3O3/c26-21-13-18(15-25(21)16-20-7-4-12-28-20)22(27)23-19-8-10-24(11-9-19)14-17-5-2-1-3-6-17/h1-7,12,18-19H,8-11,13-16H2,(H,23,27). The minimum atomic E-state index is -0.259. The highest BCUT2D eigenvalue weighted by atomic mass is 16.3. The Balaban J connectivity index is 1.22. The Bertz CT molecular complexity index is 783. The van der Waals surface area contributed by atoms with E-state index in [1.807, 2.05) is 18.2 Å². The van der Waals surface area contributed by atoms with E-state index in [9.17, 15) is 9.59 Å². The summed E-state index contributed by atoms with van der Waals surface area (Å²) in [5, 5.41) is 3.18. The van der Waals surface area contributed by atoms with E-state index in [1.165, 1.54) is 5.56 Å².